The minimum Gasteiger partial charge on any atom is -0.494 e. The van der Waals surface area contributed by atoms with Crippen molar-refractivity contribution in [2.75, 3.05) is 31.8 Å². The Labute approximate surface area is 324 Å². The Bertz CT molecular complexity index is 2470. The molecule has 0 saturated heterocycles. The van der Waals surface area contributed by atoms with Crippen LogP contribution < -0.4 is 9.64 Å². The van der Waals surface area contributed by atoms with Gasteiger partial charge in [0.25, 0.3) is 5.91 Å². The summed E-state index contributed by atoms with van der Waals surface area (Å²) in [4.78, 5) is 30.1. The zero-order valence-electron chi connectivity index (χ0n) is 31.9. The first-order valence-corrected chi connectivity index (χ1v) is 18.9. The molecule has 12 heteroatoms. The maximum Gasteiger partial charge on any atom is 0.354 e. The number of aromatic carboxylic acids is 1. The molecule has 0 bridgehead atoms. The summed E-state index contributed by atoms with van der Waals surface area (Å²) in [6, 6.07) is 13.4. The van der Waals surface area contributed by atoms with Gasteiger partial charge in [0.1, 0.15) is 11.4 Å². The fourth-order valence-electron chi connectivity index (χ4n) is 8.28. The minimum absolute atomic E-state index is 0.0617. The molecule has 0 aliphatic carbocycles. The van der Waals surface area contributed by atoms with E-state index in [0.717, 1.165) is 72.0 Å². The molecule has 0 fully saturated rings. The standard InChI is InChI=1S/C42H45Cl2N5O5/c1-22-11-14-33-31(18-22)38(40(42(51)52)47(33)15-17-53-8)48-21-25(4)49-37-30(12-13-32(43)35(37)34-26(5)45-46(7)27(34)6)29(39(49)41(48)50)10-9-16-54-28-19-23(2)36(44)24(3)20-28/h11-14,18-20,25H,9-10,15-17,21H2,1-8H3,(H,51,52)/t25-/m1/s1. The van der Waals surface area contributed by atoms with E-state index in [-0.39, 0.29) is 24.2 Å². The molecule has 1 atom stereocenters. The van der Waals surface area contributed by atoms with Crippen LogP contribution in [0.4, 0.5) is 5.69 Å². The molecule has 7 rings (SSSR count). The van der Waals surface area contributed by atoms with Crippen LogP contribution in [0.2, 0.25) is 10.0 Å². The van der Waals surface area contributed by atoms with Gasteiger partial charge in [-0.15, -0.1) is 0 Å². The number of halogens is 2. The Hall–Kier alpha value is -4.77. The van der Waals surface area contributed by atoms with E-state index in [9.17, 15) is 9.90 Å². The summed E-state index contributed by atoms with van der Waals surface area (Å²) in [5, 5.41) is 18.4. The van der Waals surface area contributed by atoms with Crippen molar-refractivity contribution in [3.8, 4) is 16.9 Å². The predicted molar refractivity (Wildman–Crippen MR) is 215 cm³/mol. The molecular formula is C42H45Cl2N5O5. The maximum absolute atomic E-state index is 15.3. The second-order valence-electron chi connectivity index (χ2n) is 14.4. The molecule has 0 unspecified atom stereocenters. The smallest absolute Gasteiger partial charge is 0.354 e. The minimum atomic E-state index is -1.11. The van der Waals surface area contributed by atoms with Crippen LogP contribution in [0.3, 0.4) is 0 Å². The molecule has 1 amide bonds. The monoisotopic (exact) mass is 769 g/mol. The normalized spacial score (nSPS) is 14.4. The fraction of sp³-hybridized carbons (Fsp3) is 0.357. The molecule has 1 N–H and O–H groups in total. The number of aryl methyl sites for hydroxylation is 6. The lowest BCUT2D eigenvalue weighted by Crippen LogP contribution is -2.43. The number of carboxylic acid groups (broad SMARTS) is 1. The van der Waals surface area contributed by atoms with Crippen molar-refractivity contribution < 1.29 is 24.2 Å². The van der Waals surface area contributed by atoms with Crippen molar-refractivity contribution in [2.24, 2.45) is 7.05 Å². The van der Waals surface area contributed by atoms with Gasteiger partial charge in [0.05, 0.1) is 40.7 Å². The third-order valence-corrected chi connectivity index (χ3v) is 11.7. The Morgan fingerprint density at radius 1 is 0.981 bits per heavy atom. The number of fused-ring (bicyclic) bond motifs is 4. The predicted octanol–water partition coefficient (Wildman–Crippen LogP) is 9.42. The number of ether oxygens (including phenoxy) is 2. The molecule has 3 aromatic heterocycles. The largest absolute Gasteiger partial charge is 0.494 e. The van der Waals surface area contributed by atoms with Crippen molar-refractivity contribution in [3.63, 3.8) is 0 Å². The lowest BCUT2D eigenvalue weighted by atomic mass is 9.98. The average Bonchev–Trinajstić information content (AvgIpc) is 3.72. The van der Waals surface area contributed by atoms with E-state index < -0.39 is 5.97 Å². The number of anilines is 1. The van der Waals surface area contributed by atoms with E-state index in [1.165, 1.54) is 0 Å². The number of amides is 1. The second-order valence-corrected chi connectivity index (χ2v) is 15.2. The Balaban J connectivity index is 1.42. The first-order chi connectivity index (χ1) is 25.7. The average molecular weight is 771 g/mol. The summed E-state index contributed by atoms with van der Waals surface area (Å²) < 4.78 is 17.3. The summed E-state index contributed by atoms with van der Waals surface area (Å²) >= 11 is 13.5. The molecule has 54 heavy (non-hydrogen) atoms. The third kappa shape index (κ3) is 6.14. The zero-order chi connectivity index (χ0) is 38.7. The molecule has 1 aliphatic rings. The highest BCUT2D eigenvalue weighted by Gasteiger charge is 2.40. The quantitative estimate of drug-likeness (QED) is 0.132. The molecule has 6 aromatic rings. The van der Waals surface area contributed by atoms with Crippen LogP contribution in [0, 0.1) is 34.6 Å². The number of carbonyl (C=O) groups is 2. The number of methoxy groups -OCH3 is 1. The van der Waals surface area contributed by atoms with E-state index in [1.54, 1.807) is 16.6 Å². The number of aromatic nitrogens is 4. The Morgan fingerprint density at radius 3 is 2.35 bits per heavy atom. The van der Waals surface area contributed by atoms with Gasteiger partial charge in [0.2, 0.25) is 0 Å². The number of nitrogens with zero attached hydrogens (tertiary/aromatic N) is 5. The number of hydrogen-bond acceptors (Lipinski definition) is 5. The van der Waals surface area contributed by atoms with Gasteiger partial charge in [0, 0.05) is 65.9 Å². The molecular weight excluding hydrogens is 725 g/mol. The first-order valence-electron chi connectivity index (χ1n) is 18.2. The molecule has 282 valence electrons. The highest BCUT2D eigenvalue weighted by Crippen LogP contribution is 2.46. The molecule has 1 aliphatic heterocycles. The Kier molecular flexibility index (Phi) is 10.1. The van der Waals surface area contributed by atoms with E-state index in [0.29, 0.717) is 54.4 Å². The van der Waals surface area contributed by atoms with Crippen molar-refractivity contribution in [2.45, 2.75) is 67.0 Å². The number of carboxylic acids is 1. The van der Waals surface area contributed by atoms with Crippen molar-refractivity contribution >= 4 is 62.6 Å². The van der Waals surface area contributed by atoms with Gasteiger partial charge in [-0.25, -0.2) is 4.79 Å². The van der Waals surface area contributed by atoms with Crippen LogP contribution in [0.1, 0.15) is 74.0 Å². The van der Waals surface area contributed by atoms with Gasteiger partial charge < -0.3 is 28.6 Å². The lowest BCUT2D eigenvalue weighted by molar-refractivity contribution is 0.0684. The molecule has 3 aromatic carbocycles. The first kappa shape index (κ1) is 37.5. The summed E-state index contributed by atoms with van der Waals surface area (Å²) in [7, 11) is 3.50. The van der Waals surface area contributed by atoms with Gasteiger partial charge in [-0.3, -0.25) is 9.48 Å². The highest BCUT2D eigenvalue weighted by molar-refractivity contribution is 6.35. The topological polar surface area (TPSA) is 104 Å². The molecule has 10 nitrogen and oxygen atoms in total. The SMILES string of the molecule is COCCn1c(C(=O)O)c(N2C[C@@H](C)n3c(c(CCCOc4cc(C)c(Cl)c(C)c4)c4ccc(Cl)c(-c5c(C)nn(C)c5C)c43)C2=O)c2cc(C)ccc21. The van der Waals surface area contributed by atoms with Gasteiger partial charge in [-0.2, -0.15) is 5.10 Å². The van der Waals surface area contributed by atoms with Crippen LogP contribution in [0.5, 0.6) is 5.75 Å². The van der Waals surface area contributed by atoms with E-state index in [4.69, 9.17) is 37.8 Å². The lowest BCUT2D eigenvalue weighted by Gasteiger charge is -2.34. The summed E-state index contributed by atoms with van der Waals surface area (Å²) in [5.74, 6) is -0.629. The van der Waals surface area contributed by atoms with E-state index >= 15 is 4.79 Å². The van der Waals surface area contributed by atoms with Gasteiger partial charge in [0.15, 0.2) is 5.69 Å². The van der Waals surface area contributed by atoms with Gasteiger partial charge >= 0.3 is 5.97 Å². The maximum atomic E-state index is 15.3. The van der Waals surface area contributed by atoms with Crippen molar-refractivity contribution in [1.82, 2.24) is 18.9 Å². The second kappa shape index (κ2) is 14.5. The van der Waals surface area contributed by atoms with E-state index in [2.05, 4.69) is 11.5 Å². The summed E-state index contributed by atoms with van der Waals surface area (Å²) in [5.41, 5.74) is 9.87. The zero-order valence-corrected chi connectivity index (χ0v) is 33.4. The fourth-order valence-corrected chi connectivity index (χ4v) is 8.63. The third-order valence-electron chi connectivity index (χ3n) is 10.7. The van der Waals surface area contributed by atoms with Crippen LogP contribution in [0.15, 0.2) is 42.5 Å². The summed E-state index contributed by atoms with van der Waals surface area (Å²) in [6.45, 7) is 13.3. The Morgan fingerprint density at radius 2 is 1.70 bits per heavy atom. The molecule has 0 radical (unpaired) electrons. The van der Waals surface area contributed by atoms with Crippen LogP contribution in [-0.2, 0) is 24.8 Å². The van der Waals surface area contributed by atoms with Crippen LogP contribution in [0.25, 0.3) is 32.9 Å². The molecule has 0 saturated carbocycles. The van der Waals surface area contributed by atoms with Crippen LogP contribution in [-0.4, -0.2) is 62.8 Å². The number of rotatable bonds is 11. The van der Waals surface area contributed by atoms with Crippen molar-refractivity contribution in [3.05, 3.63) is 97.5 Å². The number of carbonyl (C=O) groups excluding carboxylic acids is 1. The van der Waals surface area contributed by atoms with Crippen molar-refractivity contribution in [1.29, 1.82) is 0 Å². The number of hydrogen-bond donors (Lipinski definition) is 1. The molecule has 4 heterocycles. The highest BCUT2D eigenvalue weighted by atomic mass is 35.5. The summed E-state index contributed by atoms with van der Waals surface area (Å²) in [6.07, 6.45) is 1.15. The number of benzene rings is 3. The molecule has 0 spiro atoms. The van der Waals surface area contributed by atoms with Crippen LogP contribution >= 0.6 is 23.2 Å². The van der Waals surface area contributed by atoms with Gasteiger partial charge in [-0.05, 0) is 101 Å². The van der Waals surface area contributed by atoms with Gasteiger partial charge in [-0.1, -0.05) is 40.9 Å². The van der Waals surface area contributed by atoms with E-state index in [1.807, 2.05) is 88.8 Å².